The van der Waals surface area contributed by atoms with Crippen molar-refractivity contribution in [2.75, 3.05) is 7.11 Å². The molecule has 0 saturated heterocycles. The molecule has 2 aromatic rings. The van der Waals surface area contributed by atoms with E-state index in [9.17, 15) is 5.11 Å². The van der Waals surface area contributed by atoms with Gasteiger partial charge >= 0.3 is 0 Å². The van der Waals surface area contributed by atoms with E-state index in [4.69, 9.17) is 16.3 Å². The summed E-state index contributed by atoms with van der Waals surface area (Å²) in [6.45, 7) is 5.90. The van der Waals surface area contributed by atoms with Crippen molar-refractivity contribution < 1.29 is 9.84 Å². The van der Waals surface area contributed by atoms with E-state index in [1.54, 1.807) is 7.11 Å². The smallest absolute Gasteiger partial charge is 0.125 e. The van der Waals surface area contributed by atoms with E-state index < -0.39 is 6.10 Å². The van der Waals surface area contributed by atoms with Crippen molar-refractivity contribution in [1.82, 2.24) is 0 Å². The van der Waals surface area contributed by atoms with Gasteiger partial charge in [0.15, 0.2) is 0 Å². The van der Waals surface area contributed by atoms with E-state index in [0.717, 1.165) is 27.8 Å². The normalized spacial score (nSPS) is 12.3. The molecule has 1 unspecified atom stereocenters. The molecule has 3 heteroatoms. The number of methoxy groups -OCH3 is 1. The maximum Gasteiger partial charge on any atom is 0.125 e. The number of ether oxygens (including phenoxy) is 1. The largest absolute Gasteiger partial charge is 0.496 e. The van der Waals surface area contributed by atoms with Gasteiger partial charge in [0.1, 0.15) is 11.9 Å². The van der Waals surface area contributed by atoms with Gasteiger partial charge in [-0.15, -0.1) is 0 Å². The lowest BCUT2D eigenvalue weighted by molar-refractivity contribution is 0.213. The van der Waals surface area contributed by atoms with Crippen LogP contribution in [0.1, 0.15) is 33.9 Å². The Morgan fingerprint density at radius 2 is 1.85 bits per heavy atom. The molecule has 0 fully saturated rings. The summed E-state index contributed by atoms with van der Waals surface area (Å²) < 4.78 is 5.43. The summed E-state index contributed by atoms with van der Waals surface area (Å²) in [6.07, 6.45) is -0.746. The first-order valence-electron chi connectivity index (χ1n) is 6.54. The van der Waals surface area contributed by atoms with Crippen LogP contribution < -0.4 is 4.74 Å². The van der Waals surface area contributed by atoms with E-state index >= 15 is 0 Å². The van der Waals surface area contributed by atoms with E-state index in [1.165, 1.54) is 0 Å². The first kappa shape index (κ1) is 14.9. The van der Waals surface area contributed by atoms with Gasteiger partial charge in [-0.1, -0.05) is 29.8 Å². The van der Waals surface area contributed by atoms with Gasteiger partial charge in [-0.05, 0) is 55.2 Å². The van der Waals surface area contributed by atoms with Crippen LogP contribution in [0.2, 0.25) is 5.02 Å². The van der Waals surface area contributed by atoms with Crippen LogP contribution in [0.4, 0.5) is 0 Å². The Labute approximate surface area is 125 Å². The van der Waals surface area contributed by atoms with Gasteiger partial charge in [0.25, 0.3) is 0 Å². The molecular weight excluding hydrogens is 272 g/mol. The van der Waals surface area contributed by atoms with Crippen LogP contribution in [0.3, 0.4) is 0 Å². The molecule has 106 valence electrons. The number of halogens is 1. The Balaban J connectivity index is 2.59. The highest BCUT2D eigenvalue weighted by molar-refractivity contribution is 6.31. The lowest BCUT2D eigenvalue weighted by atomic mass is 9.92. The zero-order chi connectivity index (χ0) is 14.9. The second-order valence-corrected chi connectivity index (χ2v) is 5.46. The molecule has 2 nitrogen and oxygen atoms in total. The van der Waals surface area contributed by atoms with Crippen LogP contribution in [0.25, 0.3) is 0 Å². The second-order valence-electron chi connectivity index (χ2n) is 5.05. The van der Waals surface area contributed by atoms with E-state index in [0.29, 0.717) is 10.8 Å². The van der Waals surface area contributed by atoms with E-state index in [-0.39, 0.29) is 0 Å². The highest BCUT2D eigenvalue weighted by Crippen LogP contribution is 2.36. The Hall–Kier alpha value is -1.51. The van der Waals surface area contributed by atoms with Gasteiger partial charge in [-0.2, -0.15) is 0 Å². The molecule has 0 aromatic heterocycles. The quantitative estimate of drug-likeness (QED) is 0.910. The number of benzene rings is 2. The van der Waals surface area contributed by atoms with Gasteiger partial charge < -0.3 is 9.84 Å². The summed E-state index contributed by atoms with van der Waals surface area (Å²) in [5.41, 5.74) is 4.61. The Morgan fingerprint density at radius 1 is 1.15 bits per heavy atom. The average Bonchev–Trinajstić information content (AvgIpc) is 2.40. The molecule has 2 aromatic carbocycles. The van der Waals surface area contributed by atoms with E-state index in [2.05, 4.69) is 0 Å². The number of aliphatic hydroxyl groups is 1. The third-order valence-electron chi connectivity index (χ3n) is 3.59. The first-order valence-corrected chi connectivity index (χ1v) is 6.91. The number of hydrogen-bond donors (Lipinski definition) is 1. The van der Waals surface area contributed by atoms with Crippen molar-refractivity contribution in [2.24, 2.45) is 0 Å². The maximum atomic E-state index is 10.7. The van der Waals surface area contributed by atoms with Gasteiger partial charge in [-0.25, -0.2) is 0 Å². The molecule has 0 aliphatic heterocycles. The summed E-state index contributed by atoms with van der Waals surface area (Å²) in [7, 11) is 1.62. The molecule has 1 N–H and O–H groups in total. The molecule has 0 aliphatic rings. The van der Waals surface area contributed by atoms with Crippen molar-refractivity contribution in [3.05, 3.63) is 63.2 Å². The molecule has 0 saturated carbocycles. The minimum absolute atomic E-state index is 0.658. The standard InChI is InChI=1S/C17H19ClO2/c1-10-8-11(2)16(15(9-10)20-4)17(19)13-6-5-7-14(18)12(13)3/h5-9,17,19H,1-4H3. The number of hydrogen-bond acceptors (Lipinski definition) is 2. The Bertz CT molecular complexity index is 635. The fourth-order valence-corrected chi connectivity index (χ4v) is 2.72. The third kappa shape index (κ3) is 2.67. The summed E-state index contributed by atoms with van der Waals surface area (Å²) in [5.74, 6) is 0.703. The van der Waals surface area contributed by atoms with Crippen LogP contribution in [-0.2, 0) is 0 Å². The molecule has 0 spiro atoms. The van der Waals surface area contributed by atoms with Crippen molar-refractivity contribution in [3.8, 4) is 5.75 Å². The van der Waals surface area contributed by atoms with E-state index in [1.807, 2.05) is 51.1 Å². The fourth-order valence-electron chi connectivity index (χ4n) is 2.53. The molecule has 0 radical (unpaired) electrons. The molecule has 0 heterocycles. The van der Waals surface area contributed by atoms with Gasteiger partial charge in [0, 0.05) is 10.6 Å². The summed E-state index contributed by atoms with van der Waals surface area (Å²) in [5, 5.41) is 11.4. The first-order chi connectivity index (χ1) is 9.45. The topological polar surface area (TPSA) is 29.5 Å². The highest BCUT2D eigenvalue weighted by atomic mass is 35.5. The molecular formula is C17H19ClO2. The lowest BCUT2D eigenvalue weighted by Gasteiger charge is -2.20. The average molecular weight is 291 g/mol. The SMILES string of the molecule is COc1cc(C)cc(C)c1C(O)c1cccc(Cl)c1C. The van der Waals surface area contributed by atoms with Crippen molar-refractivity contribution in [3.63, 3.8) is 0 Å². The summed E-state index contributed by atoms with van der Waals surface area (Å²) in [4.78, 5) is 0. The zero-order valence-corrected chi connectivity index (χ0v) is 13.0. The lowest BCUT2D eigenvalue weighted by Crippen LogP contribution is -2.07. The predicted octanol–water partition coefficient (Wildman–Crippen LogP) is 4.36. The molecule has 1 atom stereocenters. The minimum atomic E-state index is -0.746. The van der Waals surface area contributed by atoms with Crippen LogP contribution in [-0.4, -0.2) is 12.2 Å². The number of aliphatic hydroxyl groups excluding tert-OH is 1. The predicted molar refractivity (Wildman–Crippen MR) is 82.7 cm³/mol. The Morgan fingerprint density at radius 3 is 2.50 bits per heavy atom. The number of aryl methyl sites for hydroxylation is 2. The third-order valence-corrected chi connectivity index (χ3v) is 4.00. The van der Waals surface area contributed by atoms with Gasteiger partial charge in [0.2, 0.25) is 0 Å². The summed E-state index contributed by atoms with van der Waals surface area (Å²) in [6, 6.07) is 9.55. The fraction of sp³-hybridized carbons (Fsp3) is 0.294. The van der Waals surface area contributed by atoms with Crippen LogP contribution in [0.5, 0.6) is 5.75 Å². The second kappa shape index (κ2) is 5.86. The minimum Gasteiger partial charge on any atom is -0.496 e. The zero-order valence-electron chi connectivity index (χ0n) is 12.2. The molecule has 20 heavy (non-hydrogen) atoms. The number of rotatable bonds is 3. The molecule has 0 bridgehead atoms. The Kier molecular flexibility index (Phi) is 4.36. The van der Waals surface area contributed by atoms with Crippen LogP contribution >= 0.6 is 11.6 Å². The van der Waals surface area contributed by atoms with Crippen molar-refractivity contribution in [2.45, 2.75) is 26.9 Å². The van der Waals surface area contributed by atoms with Crippen LogP contribution in [0, 0.1) is 20.8 Å². The van der Waals surface area contributed by atoms with Crippen molar-refractivity contribution in [1.29, 1.82) is 0 Å². The maximum absolute atomic E-state index is 10.7. The summed E-state index contributed by atoms with van der Waals surface area (Å²) >= 11 is 6.14. The molecule has 0 amide bonds. The van der Waals surface area contributed by atoms with Gasteiger partial charge in [-0.3, -0.25) is 0 Å². The van der Waals surface area contributed by atoms with Gasteiger partial charge in [0.05, 0.1) is 7.11 Å². The monoisotopic (exact) mass is 290 g/mol. The molecule has 0 aliphatic carbocycles. The van der Waals surface area contributed by atoms with Crippen LogP contribution in [0.15, 0.2) is 30.3 Å². The molecule has 2 rings (SSSR count). The van der Waals surface area contributed by atoms with Crippen molar-refractivity contribution >= 4 is 11.6 Å². The highest BCUT2D eigenvalue weighted by Gasteiger charge is 2.20.